The molecule has 0 radical (unpaired) electrons. The molecule has 2 aliphatic heterocycles. The molecular weight excluding hydrogens is 370 g/mol. The Morgan fingerprint density at radius 3 is 2.50 bits per heavy atom. The van der Waals surface area contributed by atoms with Gasteiger partial charge in [-0.2, -0.15) is 0 Å². The van der Waals surface area contributed by atoms with Gasteiger partial charge in [0.05, 0.1) is 0 Å². The third-order valence-electron chi connectivity index (χ3n) is 6.03. The summed E-state index contributed by atoms with van der Waals surface area (Å²) in [4.78, 5) is 21.8. The van der Waals surface area contributed by atoms with E-state index in [1.807, 2.05) is 29.3 Å². The number of amides is 1. The predicted octanol–water partition coefficient (Wildman–Crippen LogP) is 3.91. The molecule has 150 valence electrons. The van der Waals surface area contributed by atoms with Crippen LogP contribution in [0.25, 0.3) is 0 Å². The number of hydrogen-bond donors (Lipinski definition) is 0. The van der Waals surface area contributed by atoms with Crippen molar-refractivity contribution in [3.05, 3.63) is 46.5 Å². The smallest absolute Gasteiger partial charge is 0.273 e. The number of thiazole rings is 1. The molecule has 6 heteroatoms. The van der Waals surface area contributed by atoms with Crippen LogP contribution in [-0.4, -0.2) is 59.0 Å². The van der Waals surface area contributed by atoms with Crippen LogP contribution in [0.4, 0.5) is 0 Å². The monoisotopic (exact) mass is 399 g/mol. The van der Waals surface area contributed by atoms with Crippen LogP contribution in [0.5, 0.6) is 5.19 Å². The van der Waals surface area contributed by atoms with Gasteiger partial charge in [-0.3, -0.25) is 9.69 Å². The lowest BCUT2D eigenvalue weighted by atomic mass is 9.97. The zero-order chi connectivity index (χ0) is 19.5. The number of aryl methyl sites for hydroxylation is 2. The molecule has 1 aromatic carbocycles. The Labute approximate surface area is 171 Å². The molecule has 0 N–H and O–H groups in total. The fourth-order valence-electron chi connectivity index (χ4n) is 4.43. The van der Waals surface area contributed by atoms with Crippen molar-refractivity contribution in [2.24, 2.45) is 0 Å². The van der Waals surface area contributed by atoms with Crippen molar-refractivity contribution in [3.8, 4) is 5.19 Å². The minimum Gasteiger partial charge on any atom is -0.467 e. The largest absolute Gasteiger partial charge is 0.467 e. The number of ether oxygens (including phenoxy) is 1. The maximum absolute atomic E-state index is 12.9. The van der Waals surface area contributed by atoms with E-state index in [1.165, 1.54) is 5.56 Å². The third-order valence-corrected chi connectivity index (χ3v) is 6.70. The Kier molecular flexibility index (Phi) is 5.97. The third kappa shape index (κ3) is 4.39. The summed E-state index contributed by atoms with van der Waals surface area (Å²) in [6.07, 6.45) is 6.32. The highest BCUT2D eigenvalue weighted by Gasteiger charge is 2.30. The van der Waals surface area contributed by atoms with E-state index in [9.17, 15) is 4.79 Å². The van der Waals surface area contributed by atoms with Crippen LogP contribution < -0.4 is 4.74 Å². The van der Waals surface area contributed by atoms with Crippen molar-refractivity contribution in [2.45, 2.75) is 51.7 Å². The van der Waals surface area contributed by atoms with Crippen molar-refractivity contribution < 1.29 is 9.53 Å². The second kappa shape index (κ2) is 8.62. The number of aromatic nitrogens is 1. The van der Waals surface area contributed by atoms with E-state index >= 15 is 0 Å². The first-order chi connectivity index (χ1) is 13.6. The number of benzene rings is 1. The lowest BCUT2D eigenvalue weighted by Crippen LogP contribution is -2.50. The molecule has 1 amide bonds. The quantitative estimate of drug-likeness (QED) is 0.782. The zero-order valence-corrected chi connectivity index (χ0v) is 17.6. The molecule has 0 spiro atoms. The van der Waals surface area contributed by atoms with Gasteiger partial charge in [-0.25, -0.2) is 4.98 Å². The summed E-state index contributed by atoms with van der Waals surface area (Å²) in [6, 6.07) is 6.69. The highest BCUT2D eigenvalue weighted by molar-refractivity contribution is 7.11. The fourth-order valence-corrected chi connectivity index (χ4v) is 4.98. The molecule has 4 rings (SSSR count). The van der Waals surface area contributed by atoms with Gasteiger partial charge in [-0.15, -0.1) is 0 Å². The normalized spacial score (nSPS) is 19.7. The molecule has 0 bridgehead atoms. The van der Waals surface area contributed by atoms with E-state index in [0.29, 0.717) is 6.04 Å². The molecule has 2 aliphatic rings. The number of carbonyl (C=O) groups is 1. The van der Waals surface area contributed by atoms with Crippen LogP contribution in [0, 0.1) is 13.8 Å². The Morgan fingerprint density at radius 2 is 1.86 bits per heavy atom. The number of rotatable bonds is 4. The fraction of sp³-hybridized carbons (Fsp3) is 0.545. The lowest BCUT2D eigenvalue weighted by molar-refractivity contribution is 0.0424. The van der Waals surface area contributed by atoms with Crippen molar-refractivity contribution in [1.82, 2.24) is 14.8 Å². The van der Waals surface area contributed by atoms with E-state index in [0.717, 1.165) is 68.2 Å². The van der Waals surface area contributed by atoms with Gasteiger partial charge in [0, 0.05) is 49.4 Å². The molecular formula is C22H29N3O2S. The molecule has 2 saturated heterocycles. The van der Waals surface area contributed by atoms with Crippen LogP contribution in [0.1, 0.15) is 47.2 Å². The van der Waals surface area contributed by atoms with Gasteiger partial charge in [0.2, 0.25) is 0 Å². The van der Waals surface area contributed by atoms with E-state index < -0.39 is 0 Å². The Morgan fingerprint density at radius 1 is 1.11 bits per heavy atom. The van der Waals surface area contributed by atoms with E-state index in [1.54, 1.807) is 17.5 Å². The number of piperidine rings is 2. The first kappa shape index (κ1) is 19.4. The summed E-state index contributed by atoms with van der Waals surface area (Å²) in [7, 11) is 0. The molecule has 0 aliphatic carbocycles. The molecule has 28 heavy (non-hydrogen) atoms. The molecule has 1 aromatic heterocycles. The number of likely N-dealkylation sites (tertiary alicyclic amines) is 2. The average molecular weight is 400 g/mol. The zero-order valence-electron chi connectivity index (χ0n) is 16.8. The second-order valence-corrected chi connectivity index (χ2v) is 8.85. The molecule has 2 aromatic rings. The van der Waals surface area contributed by atoms with Gasteiger partial charge in [0.15, 0.2) is 0 Å². The summed E-state index contributed by atoms with van der Waals surface area (Å²) < 4.78 is 5.98. The summed E-state index contributed by atoms with van der Waals surface area (Å²) in [5, 5.41) is 2.74. The molecule has 0 unspecified atom stereocenters. The van der Waals surface area contributed by atoms with E-state index in [2.05, 4.69) is 22.9 Å². The molecule has 2 fully saturated rings. The maximum Gasteiger partial charge on any atom is 0.273 e. The molecule has 0 atom stereocenters. The van der Waals surface area contributed by atoms with Crippen LogP contribution in [0.15, 0.2) is 29.8 Å². The Bertz CT molecular complexity index is 792. The SMILES string of the molecule is Cc1ccc(C(=O)N2CCC(N3CCC(Oc4nccs4)CC3)CC2)c(C)c1. The van der Waals surface area contributed by atoms with Crippen molar-refractivity contribution in [1.29, 1.82) is 0 Å². The van der Waals surface area contributed by atoms with E-state index in [4.69, 9.17) is 4.74 Å². The summed E-state index contributed by atoms with van der Waals surface area (Å²) in [5.41, 5.74) is 3.13. The summed E-state index contributed by atoms with van der Waals surface area (Å²) in [5.74, 6) is 0.187. The first-order valence-corrected chi connectivity index (χ1v) is 11.1. The van der Waals surface area contributed by atoms with Gasteiger partial charge < -0.3 is 9.64 Å². The first-order valence-electron chi connectivity index (χ1n) is 10.3. The standard InChI is InChI=1S/C22H29N3O2S/c1-16-3-4-20(17(2)15-16)21(26)25-10-5-18(6-11-25)24-12-7-19(8-13-24)27-22-23-9-14-28-22/h3-4,9,14-15,18-19H,5-8,10-13H2,1-2H3. The number of nitrogens with zero attached hydrogens (tertiary/aromatic N) is 3. The van der Waals surface area contributed by atoms with Crippen LogP contribution in [0.3, 0.4) is 0 Å². The minimum atomic E-state index is 0.187. The summed E-state index contributed by atoms with van der Waals surface area (Å²) in [6.45, 7) is 7.96. The van der Waals surface area contributed by atoms with Crippen molar-refractivity contribution in [2.75, 3.05) is 26.2 Å². The Balaban J connectivity index is 1.26. The molecule has 5 nitrogen and oxygen atoms in total. The Hall–Kier alpha value is -1.92. The lowest BCUT2D eigenvalue weighted by Gasteiger charge is -2.41. The van der Waals surface area contributed by atoms with Crippen molar-refractivity contribution >= 4 is 17.2 Å². The van der Waals surface area contributed by atoms with Crippen LogP contribution >= 0.6 is 11.3 Å². The second-order valence-electron chi connectivity index (χ2n) is 7.99. The van der Waals surface area contributed by atoms with E-state index in [-0.39, 0.29) is 12.0 Å². The van der Waals surface area contributed by atoms with Gasteiger partial charge in [0.25, 0.3) is 11.1 Å². The van der Waals surface area contributed by atoms with Gasteiger partial charge >= 0.3 is 0 Å². The predicted molar refractivity (Wildman–Crippen MR) is 112 cm³/mol. The highest BCUT2D eigenvalue weighted by Crippen LogP contribution is 2.25. The number of carbonyl (C=O) groups excluding carboxylic acids is 1. The maximum atomic E-state index is 12.9. The van der Waals surface area contributed by atoms with Gasteiger partial charge in [0.1, 0.15) is 6.10 Å². The highest BCUT2D eigenvalue weighted by atomic mass is 32.1. The summed E-state index contributed by atoms with van der Waals surface area (Å²) >= 11 is 1.56. The minimum absolute atomic E-state index is 0.187. The van der Waals surface area contributed by atoms with Gasteiger partial charge in [-0.05, 0) is 51.2 Å². The van der Waals surface area contributed by atoms with Crippen LogP contribution in [-0.2, 0) is 0 Å². The topological polar surface area (TPSA) is 45.7 Å². The molecule has 0 saturated carbocycles. The molecule has 3 heterocycles. The van der Waals surface area contributed by atoms with Crippen LogP contribution in [0.2, 0.25) is 0 Å². The van der Waals surface area contributed by atoms with Crippen molar-refractivity contribution in [3.63, 3.8) is 0 Å². The van der Waals surface area contributed by atoms with Gasteiger partial charge in [-0.1, -0.05) is 29.0 Å². The number of hydrogen-bond acceptors (Lipinski definition) is 5. The average Bonchev–Trinajstić information content (AvgIpc) is 3.21.